The van der Waals surface area contributed by atoms with Gasteiger partial charge in [-0.3, -0.25) is 9.59 Å². The van der Waals surface area contributed by atoms with Crippen LogP contribution in [0.1, 0.15) is 78.3 Å². The van der Waals surface area contributed by atoms with E-state index in [0.717, 1.165) is 22.3 Å². The van der Waals surface area contributed by atoms with Crippen LogP contribution in [0.2, 0.25) is 0 Å². The van der Waals surface area contributed by atoms with Gasteiger partial charge in [-0.15, -0.1) is 0 Å². The van der Waals surface area contributed by atoms with E-state index >= 15 is 0 Å². The van der Waals surface area contributed by atoms with Crippen molar-refractivity contribution in [2.24, 2.45) is 5.73 Å². The van der Waals surface area contributed by atoms with Gasteiger partial charge in [0.2, 0.25) is 0 Å². The average Bonchev–Trinajstić information content (AvgIpc) is 4.00. The number of nitrogens with two attached hydrogens (primary N) is 1. The maximum Gasteiger partial charge on any atom is 0.407 e. The van der Waals surface area contributed by atoms with Gasteiger partial charge in [0.25, 0.3) is 0 Å². The Morgan fingerprint density at radius 3 is 1.10 bits per heavy atom. The number of esters is 1. The Morgan fingerprint density at radius 2 is 0.831 bits per heavy atom. The Bertz CT molecular complexity index is 2650. The summed E-state index contributed by atoms with van der Waals surface area (Å²) in [5, 5.41) is 35.7. The first kappa shape index (κ1) is 54.6. The van der Waals surface area contributed by atoms with Crippen LogP contribution < -0.4 is 11.1 Å². The molecule has 2 atom stereocenters. The molecule has 3 aliphatic rings. The van der Waals surface area contributed by atoms with Crippen LogP contribution in [0.15, 0.2) is 146 Å². The number of fused-ring (bicyclic) bond motifs is 9. The summed E-state index contributed by atoms with van der Waals surface area (Å²) >= 11 is 0.110. The smallest absolute Gasteiger partial charge is 0.407 e. The molecule has 8 N–H and O–H groups in total. The molecule has 0 fully saturated rings. The fraction of sp³-hybridized carbons (Fsp3) is 0.255. The standard InChI is InChI=1S/C19H19NO5.C16H14O2.C15H12O3S.C4H9NO3.CH4/c21-10-9-17(18(22)23)20-19(24)25-11-16-14-7-3-1-5-12(14)13-6-2-4-8-15(13)16;1-11(17)18-10-16-14-8-4-2-6-12(14)13-7-3-5-9-15(13)16;16-15(19-17)18-9-14-12-7-3-1-5-10(12)11-6-2-4-8-13(11)14;5-3(1-2-6)4(7)8;/h1-8,16-17,21H,9-11H2,(H,20,24)(H,22,23);2-9,16H,10H2,1H3;1-8,14,17H,9H2;3,6H,1-2,5H2,(H,7,8);1H4. The number of aliphatic hydroxyl groups excluding tert-OH is 2. The number of aliphatic hydroxyl groups is 2. The monoisotopic (exact) mass is 986 g/mol. The van der Waals surface area contributed by atoms with Gasteiger partial charge in [-0.25, -0.2) is 14.4 Å². The molecule has 2 unspecified atom stereocenters. The van der Waals surface area contributed by atoms with Gasteiger partial charge in [-0.2, -0.15) is 0 Å². The van der Waals surface area contributed by atoms with Crippen LogP contribution in [-0.2, 0) is 28.6 Å². The molecular weight excluding hydrogens is 929 g/mol. The number of aliphatic carboxylic acids is 2. The van der Waals surface area contributed by atoms with Crippen LogP contribution in [0.5, 0.6) is 0 Å². The van der Waals surface area contributed by atoms with Gasteiger partial charge in [0.15, 0.2) is 0 Å². The number of amides is 1. The number of carbonyl (C=O) groups is 5. The maximum absolute atomic E-state index is 11.9. The molecule has 372 valence electrons. The first-order valence-electron chi connectivity index (χ1n) is 22.4. The highest BCUT2D eigenvalue weighted by atomic mass is 32.2. The summed E-state index contributed by atoms with van der Waals surface area (Å²) in [5.41, 5.74) is 19.1. The van der Waals surface area contributed by atoms with E-state index in [2.05, 4.69) is 53.8 Å². The zero-order chi connectivity index (χ0) is 50.2. The second kappa shape index (κ2) is 26.6. The molecule has 3 aliphatic carbocycles. The third-order valence-corrected chi connectivity index (χ3v) is 12.2. The van der Waals surface area contributed by atoms with Crippen molar-refractivity contribution in [1.82, 2.24) is 5.32 Å². The first-order chi connectivity index (χ1) is 33.9. The summed E-state index contributed by atoms with van der Waals surface area (Å²) in [6.45, 7) is 1.73. The molecule has 0 heterocycles. The van der Waals surface area contributed by atoms with Crippen molar-refractivity contribution >= 4 is 41.3 Å². The Labute approximate surface area is 416 Å². The number of carboxylic acids is 2. The molecule has 0 aliphatic heterocycles. The molecule has 15 nitrogen and oxygen atoms in total. The van der Waals surface area contributed by atoms with Gasteiger partial charge >= 0.3 is 29.3 Å². The van der Waals surface area contributed by atoms with Crippen molar-refractivity contribution in [2.75, 3.05) is 33.0 Å². The summed E-state index contributed by atoms with van der Waals surface area (Å²) < 4.78 is 24.2. The van der Waals surface area contributed by atoms with Crippen molar-refractivity contribution in [1.29, 1.82) is 0 Å². The normalized spacial score (nSPS) is 13.0. The van der Waals surface area contributed by atoms with Crippen molar-refractivity contribution in [3.8, 4) is 33.4 Å². The summed E-state index contributed by atoms with van der Waals surface area (Å²) in [5.74, 6) is -2.37. The number of ether oxygens (including phenoxy) is 3. The number of carbonyl (C=O) groups excluding carboxylic acids is 3. The van der Waals surface area contributed by atoms with E-state index in [-0.39, 0.29) is 82.5 Å². The first-order valence-corrected chi connectivity index (χ1v) is 23.2. The molecule has 9 rings (SSSR count). The van der Waals surface area contributed by atoms with Crippen molar-refractivity contribution in [3.05, 3.63) is 179 Å². The number of hydrogen-bond donors (Lipinski definition) is 7. The minimum atomic E-state index is -1.21. The van der Waals surface area contributed by atoms with E-state index in [0.29, 0.717) is 6.61 Å². The topological polar surface area (TPSA) is 252 Å². The van der Waals surface area contributed by atoms with Crippen LogP contribution in [0.3, 0.4) is 0 Å². The van der Waals surface area contributed by atoms with Gasteiger partial charge in [0.1, 0.15) is 43.9 Å². The van der Waals surface area contributed by atoms with Gasteiger partial charge < -0.3 is 50.2 Å². The second-order valence-corrected chi connectivity index (χ2v) is 16.8. The third-order valence-electron chi connectivity index (χ3n) is 11.9. The van der Waals surface area contributed by atoms with Crippen LogP contribution in [0.4, 0.5) is 9.59 Å². The van der Waals surface area contributed by atoms with Gasteiger partial charge in [0.05, 0.1) is 0 Å². The molecule has 6 aromatic rings. The molecular formula is C55H58N2O13S. The van der Waals surface area contributed by atoms with Crippen molar-refractivity contribution in [3.63, 3.8) is 0 Å². The molecule has 0 saturated heterocycles. The fourth-order valence-electron chi connectivity index (χ4n) is 8.69. The summed E-state index contributed by atoms with van der Waals surface area (Å²) in [6, 6.07) is 46.7. The lowest BCUT2D eigenvalue weighted by atomic mass is 9.98. The number of benzene rings is 6. The van der Waals surface area contributed by atoms with Crippen LogP contribution in [0, 0.1) is 0 Å². The Kier molecular flexibility index (Phi) is 20.4. The Balaban J connectivity index is 0.000000185. The molecule has 71 heavy (non-hydrogen) atoms. The maximum atomic E-state index is 11.9. The predicted octanol–water partition coefficient (Wildman–Crippen LogP) is 9.28. The van der Waals surface area contributed by atoms with Crippen molar-refractivity contribution in [2.45, 2.75) is 57.0 Å². The molecule has 0 aromatic heterocycles. The lowest BCUT2D eigenvalue weighted by molar-refractivity contribution is -0.141. The molecule has 0 spiro atoms. The number of rotatable bonds is 13. The van der Waals surface area contributed by atoms with Gasteiger partial charge in [0, 0.05) is 44.3 Å². The molecule has 6 aromatic carbocycles. The third kappa shape index (κ3) is 13.7. The highest BCUT2D eigenvalue weighted by Gasteiger charge is 2.32. The zero-order valence-corrected chi connectivity index (χ0v) is 39.0. The van der Waals surface area contributed by atoms with E-state index in [1.807, 2.05) is 97.1 Å². The summed E-state index contributed by atoms with van der Waals surface area (Å²) in [4.78, 5) is 54.9. The summed E-state index contributed by atoms with van der Waals surface area (Å²) in [6.07, 6.45) is -0.753. The van der Waals surface area contributed by atoms with Gasteiger partial charge in [-0.1, -0.05) is 153 Å². The molecule has 0 saturated carbocycles. The quantitative estimate of drug-likeness (QED) is 0.0323. The van der Waals surface area contributed by atoms with Crippen LogP contribution >= 0.6 is 12.0 Å². The average molecular weight is 987 g/mol. The fourth-order valence-corrected chi connectivity index (χ4v) is 8.81. The second-order valence-electron chi connectivity index (χ2n) is 16.2. The molecule has 0 radical (unpaired) electrons. The highest BCUT2D eigenvalue weighted by Crippen LogP contribution is 2.47. The minimum absolute atomic E-state index is 0. The zero-order valence-electron chi connectivity index (χ0n) is 38.2. The number of alkyl carbamates (subject to hydrolysis) is 1. The lowest BCUT2D eigenvalue weighted by Crippen LogP contribution is -2.42. The number of carboxylic acid groups (broad SMARTS) is 2. The summed E-state index contributed by atoms with van der Waals surface area (Å²) in [7, 11) is 0. The Hall–Kier alpha value is -7.34. The van der Waals surface area contributed by atoms with E-state index < -0.39 is 35.4 Å². The van der Waals surface area contributed by atoms with E-state index in [9.17, 15) is 24.0 Å². The number of hydrogen-bond acceptors (Lipinski definition) is 13. The molecule has 0 bridgehead atoms. The van der Waals surface area contributed by atoms with E-state index in [4.69, 9.17) is 44.9 Å². The minimum Gasteiger partial charge on any atom is -0.480 e. The largest absolute Gasteiger partial charge is 0.480 e. The van der Waals surface area contributed by atoms with Crippen LogP contribution in [0.25, 0.3) is 33.4 Å². The number of nitrogens with one attached hydrogen (secondary N) is 1. The molecule has 1 amide bonds. The lowest BCUT2D eigenvalue weighted by Gasteiger charge is -2.17. The SMILES string of the molecule is C.CC(=O)OCC1c2ccccc2-c2ccccc21.NC(CCO)C(=O)O.O=C(NC(CCO)C(=O)O)OCC1c2ccccc2-c2ccccc21.O=C(OCC1c2ccccc2-c2ccccc21)SO. The molecule has 16 heteroatoms. The highest BCUT2D eigenvalue weighted by molar-refractivity contribution is 8.08. The van der Waals surface area contributed by atoms with Crippen molar-refractivity contribution < 1.29 is 63.2 Å². The van der Waals surface area contributed by atoms with E-state index in [1.165, 1.54) is 51.4 Å². The van der Waals surface area contributed by atoms with Gasteiger partial charge in [-0.05, 0) is 73.2 Å². The Morgan fingerprint density at radius 1 is 0.521 bits per heavy atom. The van der Waals surface area contributed by atoms with Crippen LogP contribution in [-0.4, -0.2) is 99.4 Å². The van der Waals surface area contributed by atoms with E-state index in [1.54, 1.807) is 0 Å². The predicted molar refractivity (Wildman–Crippen MR) is 271 cm³/mol.